The van der Waals surface area contributed by atoms with Gasteiger partial charge >= 0.3 is 5.97 Å². The van der Waals surface area contributed by atoms with E-state index in [-0.39, 0.29) is 5.91 Å². The standard InChI is InChI=1S/C19H24ClN3O3/c1-5-19(6-2,13-7-9-14(20)10-8-13)16(24)22-15-11-21-23(12-15)18(3,4)17(25)26/h7-12H,5-6H2,1-4H3,(H,22,24)(H,25,26). The molecule has 0 bridgehead atoms. The Morgan fingerprint density at radius 1 is 1.19 bits per heavy atom. The average molecular weight is 378 g/mol. The summed E-state index contributed by atoms with van der Waals surface area (Å²) in [7, 11) is 0. The van der Waals surface area contributed by atoms with Gasteiger partial charge in [-0.25, -0.2) is 4.79 Å². The van der Waals surface area contributed by atoms with Gasteiger partial charge in [0.05, 0.1) is 17.3 Å². The molecule has 0 atom stereocenters. The van der Waals surface area contributed by atoms with Crippen LogP contribution in [0, 0.1) is 0 Å². The van der Waals surface area contributed by atoms with Crippen LogP contribution in [0.3, 0.4) is 0 Å². The lowest BCUT2D eigenvalue weighted by molar-refractivity contribution is -0.146. The quantitative estimate of drug-likeness (QED) is 0.762. The molecule has 0 fully saturated rings. The van der Waals surface area contributed by atoms with E-state index in [4.69, 9.17) is 11.6 Å². The van der Waals surface area contributed by atoms with Gasteiger partial charge in [-0.1, -0.05) is 37.6 Å². The number of benzene rings is 1. The number of hydrogen-bond donors (Lipinski definition) is 2. The number of rotatable bonds is 7. The summed E-state index contributed by atoms with van der Waals surface area (Å²) in [6, 6.07) is 7.28. The number of carbonyl (C=O) groups excluding carboxylic acids is 1. The maximum absolute atomic E-state index is 13.1. The molecule has 1 amide bonds. The molecule has 0 saturated carbocycles. The van der Waals surface area contributed by atoms with Crippen LogP contribution >= 0.6 is 11.6 Å². The topological polar surface area (TPSA) is 84.2 Å². The van der Waals surface area contributed by atoms with Crippen molar-refractivity contribution in [3.8, 4) is 0 Å². The van der Waals surface area contributed by atoms with Gasteiger partial charge in [0.25, 0.3) is 0 Å². The van der Waals surface area contributed by atoms with Crippen LogP contribution in [-0.2, 0) is 20.5 Å². The molecular weight excluding hydrogens is 354 g/mol. The normalized spacial score (nSPS) is 12.0. The van der Waals surface area contributed by atoms with Crippen molar-refractivity contribution in [1.82, 2.24) is 9.78 Å². The molecule has 0 saturated heterocycles. The number of carboxylic acids is 1. The molecule has 0 spiro atoms. The van der Waals surface area contributed by atoms with Gasteiger partial charge in [0, 0.05) is 11.2 Å². The lowest BCUT2D eigenvalue weighted by Crippen LogP contribution is -2.39. The Hall–Kier alpha value is -2.34. The highest BCUT2D eigenvalue weighted by molar-refractivity contribution is 6.30. The molecule has 0 aliphatic carbocycles. The molecule has 2 rings (SSSR count). The molecule has 0 aliphatic rings. The molecule has 7 heteroatoms. The first-order valence-corrected chi connectivity index (χ1v) is 8.91. The third-order valence-electron chi connectivity index (χ3n) is 4.98. The zero-order chi connectivity index (χ0) is 19.5. The molecule has 2 N–H and O–H groups in total. The van der Waals surface area contributed by atoms with Crippen LogP contribution in [-0.4, -0.2) is 26.8 Å². The maximum Gasteiger partial charge on any atom is 0.331 e. The van der Waals surface area contributed by atoms with Crippen LogP contribution in [0.25, 0.3) is 0 Å². The molecular formula is C19H24ClN3O3. The largest absolute Gasteiger partial charge is 0.479 e. The van der Waals surface area contributed by atoms with Gasteiger partial charge in [0.15, 0.2) is 5.54 Å². The SMILES string of the molecule is CCC(CC)(C(=O)Nc1cnn(C(C)(C)C(=O)O)c1)c1ccc(Cl)cc1. The van der Waals surface area contributed by atoms with Crippen LogP contribution in [0.5, 0.6) is 0 Å². The predicted octanol–water partition coefficient (Wildman–Crippen LogP) is 4.05. The van der Waals surface area contributed by atoms with Gasteiger partial charge in [-0.3, -0.25) is 9.48 Å². The zero-order valence-electron chi connectivity index (χ0n) is 15.4. The Balaban J connectivity index is 2.30. The summed E-state index contributed by atoms with van der Waals surface area (Å²) in [5, 5.41) is 16.9. The molecule has 1 heterocycles. The van der Waals surface area contributed by atoms with Crippen molar-refractivity contribution in [3.63, 3.8) is 0 Å². The van der Waals surface area contributed by atoms with Crippen LogP contribution in [0.4, 0.5) is 5.69 Å². The Labute approximate surface area is 158 Å². The van der Waals surface area contributed by atoms with Crippen molar-refractivity contribution in [2.75, 3.05) is 5.32 Å². The summed E-state index contributed by atoms with van der Waals surface area (Å²) in [6.07, 6.45) is 4.22. The third kappa shape index (κ3) is 3.60. The Bertz CT molecular complexity index is 793. The fraction of sp³-hybridized carbons (Fsp3) is 0.421. The van der Waals surface area contributed by atoms with Crippen LogP contribution in [0.1, 0.15) is 46.1 Å². The number of anilines is 1. The second-order valence-corrected chi connectivity index (χ2v) is 7.22. The highest BCUT2D eigenvalue weighted by atomic mass is 35.5. The highest BCUT2D eigenvalue weighted by Crippen LogP contribution is 2.34. The van der Waals surface area contributed by atoms with Crippen molar-refractivity contribution < 1.29 is 14.7 Å². The van der Waals surface area contributed by atoms with E-state index in [1.54, 1.807) is 26.0 Å². The second kappa shape index (κ2) is 7.50. The van der Waals surface area contributed by atoms with Crippen LogP contribution in [0.15, 0.2) is 36.7 Å². The molecule has 26 heavy (non-hydrogen) atoms. The molecule has 1 aromatic heterocycles. The fourth-order valence-electron chi connectivity index (χ4n) is 2.92. The summed E-state index contributed by atoms with van der Waals surface area (Å²) >= 11 is 5.97. The molecule has 0 aliphatic heterocycles. The van der Waals surface area contributed by atoms with Crippen molar-refractivity contribution in [1.29, 1.82) is 0 Å². The van der Waals surface area contributed by atoms with Gasteiger partial charge in [-0.2, -0.15) is 5.10 Å². The maximum atomic E-state index is 13.1. The number of halogens is 1. The number of hydrogen-bond acceptors (Lipinski definition) is 3. The van der Waals surface area contributed by atoms with E-state index in [2.05, 4.69) is 10.4 Å². The van der Waals surface area contributed by atoms with Gasteiger partial charge < -0.3 is 10.4 Å². The molecule has 140 valence electrons. The van der Waals surface area contributed by atoms with Gasteiger partial charge in [-0.15, -0.1) is 0 Å². The van der Waals surface area contributed by atoms with Gasteiger partial charge in [0.1, 0.15) is 0 Å². The lowest BCUT2D eigenvalue weighted by Gasteiger charge is -2.30. The number of aliphatic carboxylic acids is 1. The summed E-state index contributed by atoms with van der Waals surface area (Å²) in [5.74, 6) is -1.16. The van der Waals surface area contributed by atoms with Crippen LogP contribution in [0.2, 0.25) is 5.02 Å². The van der Waals surface area contributed by atoms with E-state index < -0.39 is 16.9 Å². The molecule has 0 unspecified atom stereocenters. The molecule has 0 radical (unpaired) electrons. The number of aromatic nitrogens is 2. The number of carbonyl (C=O) groups is 2. The van der Waals surface area contributed by atoms with Crippen LogP contribution < -0.4 is 5.32 Å². The second-order valence-electron chi connectivity index (χ2n) is 6.79. The molecule has 1 aromatic carbocycles. The lowest BCUT2D eigenvalue weighted by atomic mass is 9.75. The van der Waals surface area contributed by atoms with Crippen molar-refractivity contribution in [2.24, 2.45) is 0 Å². The fourth-order valence-corrected chi connectivity index (χ4v) is 3.05. The number of amides is 1. The first-order chi connectivity index (χ1) is 12.2. The van der Waals surface area contributed by atoms with E-state index in [0.717, 1.165) is 5.56 Å². The van der Waals surface area contributed by atoms with Gasteiger partial charge in [0.2, 0.25) is 5.91 Å². The van der Waals surface area contributed by atoms with E-state index >= 15 is 0 Å². The smallest absolute Gasteiger partial charge is 0.331 e. The summed E-state index contributed by atoms with van der Waals surface area (Å²) in [4.78, 5) is 24.4. The molecule has 6 nitrogen and oxygen atoms in total. The monoisotopic (exact) mass is 377 g/mol. The average Bonchev–Trinajstić information content (AvgIpc) is 3.07. The number of nitrogens with zero attached hydrogens (tertiary/aromatic N) is 2. The van der Waals surface area contributed by atoms with Crippen molar-refractivity contribution in [3.05, 3.63) is 47.2 Å². The molecule has 2 aromatic rings. The minimum Gasteiger partial charge on any atom is -0.479 e. The van der Waals surface area contributed by atoms with E-state index in [0.29, 0.717) is 23.6 Å². The summed E-state index contributed by atoms with van der Waals surface area (Å²) in [5.41, 5.74) is -0.548. The van der Waals surface area contributed by atoms with Crippen molar-refractivity contribution in [2.45, 2.75) is 51.5 Å². The highest BCUT2D eigenvalue weighted by Gasteiger charge is 2.37. The third-order valence-corrected chi connectivity index (χ3v) is 5.23. The van der Waals surface area contributed by atoms with E-state index in [9.17, 15) is 14.7 Å². The van der Waals surface area contributed by atoms with Crippen molar-refractivity contribution >= 4 is 29.2 Å². The Morgan fingerprint density at radius 3 is 2.27 bits per heavy atom. The summed E-state index contributed by atoms with van der Waals surface area (Å²) in [6.45, 7) is 7.03. The van der Waals surface area contributed by atoms with E-state index in [1.807, 2.05) is 26.0 Å². The minimum absolute atomic E-state index is 0.155. The zero-order valence-corrected chi connectivity index (χ0v) is 16.2. The minimum atomic E-state index is -1.20. The predicted molar refractivity (Wildman–Crippen MR) is 102 cm³/mol. The van der Waals surface area contributed by atoms with E-state index in [1.165, 1.54) is 17.1 Å². The first-order valence-electron chi connectivity index (χ1n) is 8.53. The number of nitrogens with one attached hydrogen (secondary N) is 1. The first kappa shape index (κ1) is 20.0. The van der Waals surface area contributed by atoms with Gasteiger partial charge in [-0.05, 0) is 44.4 Å². The Morgan fingerprint density at radius 2 is 1.77 bits per heavy atom. The number of carboxylic acid groups (broad SMARTS) is 1. The summed E-state index contributed by atoms with van der Waals surface area (Å²) < 4.78 is 1.33. The Kier molecular flexibility index (Phi) is 5.76.